The fraction of sp³-hybridized carbons (Fsp3) is 0.462. The van der Waals surface area contributed by atoms with E-state index in [0.29, 0.717) is 11.7 Å². The summed E-state index contributed by atoms with van der Waals surface area (Å²) < 4.78 is 5.28. The van der Waals surface area contributed by atoms with Gasteiger partial charge in [0.2, 0.25) is 0 Å². The van der Waals surface area contributed by atoms with Crippen LogP contribution in [0.5, 0.6) is 5.75 Å². The fourth-order valence-corrected chi connectivity index (χ4v) is 1.99. The summed E-state index contributed by atoms with van der Waals surface area (Å²) in [6.45, 7) is 3.82. The molecule has 1 amide bonds. The first kappa shape index (κ1) is 11.0. The first-order valence-electron chi connectivity index (χ1n) is 5.81. The lowest BCUT2D eigenvalue weighted by molar-refractivity contribution is 0.161. The molecule has 3 nitrogen and oxygen atoms in total. The summed E-state index contributed by atoms with van der Waals surface area (Å²) in [5, 5.41) is 0. The molecule has 1 heterocycles. The molecule has 0 N–H and O–H groups in total. The highest BCUT2D eigenvalue weighted by molar-refractivity contribution is 5.70. The Morgan fingerprint density at radius 2 is 2.19 bits per heavy atom. The van der Waals surface area contributed by atoms with E-state index in [1.807, 2.05) is 18.2 Å². The Labute approximate surface area is 96.0 Å². The molecule has 1 fully saturated rings. The van der Waals surface area contributed by atoms with Crippen molar-refractivity contribution in [2.24, 2.45) is 5.92 Å². The summed E-state index contributed by atoms with van der Waals surface area (Å²) in [7, 11) is 0. The zero-order chi connectivity index (χ0) is 11.4. The predicted octanol–water partition coefficient (Wildman–Crippen LogP) is 2.92. The number of carbonyl (C=O) groups excluding carboxylic acids is 1. The number of hydrogen-bond acceptors (Lipinski definition) is 2. The van der Waals surface area contributed by atoms with Gasteiger partial charge in [0.1, 0.15) is 5.75 Å². The maximum absolute atomic E-state index is 11.8. The topological polar surface area (TPSA) is 29.5 Å². The van der Waals surface area contributed by atoms with E-state index in [1.54, 1.807) is 17.0 Å². The van der Waals surface area contributed by atoms with E-state index >= 15 is 0 Å². The number of para-hydroxylation sites is 1. The number of ether oxygens (including phenoxy) is 1. The van der Waals surface area contributed by atoms with Gasteiger partial charge in [-0.15, -0.1) is 0 Å². The second-order valence-corrected chi connectivity index (χ2v) is 4.19. The van der Waals surface area contributed by atoms with Crippen LogP contribution in [0.2, 0.25) is 0 Å². The second-order valence-electron chi connectivity index (χ2n) is 4.19. The summed E-state index contributed by atoms with van der Waals surface area (Å²) in [6, 6.07) is 9.22. The van der Waals surface area contributed by atoms with Gasteiger partial charge in [-0.05, 0) is 24.5 Å². The SMILES string of the molecule is CCC1CCN(C(=O)Oc2ccccc2)C1. The molecule has 16 heavy (non-hydrogen) atoms. The van der Waals surface area contributed by atoms with Gasteiger partial charge in [0, 0.05) is 13.1 Å². The second kappa shape index (κ2) is 5.01. The molecule has 3 heteroatoms. The van der Waals surface area contributed by atoms with Gasteiger partial charge in [-0.3, -0.25) is 0 Å². The molecular formula is C13H17NO2. The predicted molar refractivity (Wildman–Crippen MR) is 62.4 cm³/mol. The number of benzene rings is 1. The monoisotopic (exact) mass is 219 g/mol. The number of carbonyl (C=O) groups is 1. The molecule has 0 spiro atoms. The molecule has 0 aromatic heterocycles. The Kier molecular flexibility index (Phi) is 3.44. The average Bonchev–Trinajstić information content (AvgIpc) is 2.79. The highest BCUT2D eigenvalue weighted by Crippen LogP contribution is 2.20. The fourth-order valence-electron chi connectivity index (χ4n) is 1.99. The van der Waals surface area contributed by atoms with Gasteiger partial charge in [-0.25, -0.2) is 4.79 Å². The van der Waals surface area contributed by atoms with Crippen LogP contribution in [0.15, 0.2) is 30.3 Å². The van der Waals surface area contributed by atoms with Crippen molar-refractivity contribution in [3.05, 3.63) is 30.3 Å². The molecule has 0 aliphatic carbocycles. The molecule has 1 aromatic rings. The van der Waals surface area contributed by atoms with Gasteiger partial charge < -0.3 is 9.64 Å². The number of amides is 1. The number of likely N-dealkylation sites (tertiary alicyclic amines) is 1. The van der Waals surface area contributed by atoms with Crippen molar-refractivity contribution in [3.8, 4) is 5.75 Å². The maximum atomic E-state index is 11.8. The van der Waals surface area contributed by atoms with E-state index in [9.17, 15) is 4.79 Å². The Bertz CT molecular complexity index is 350. The summed E-state index contributed by atoms with van der Waals surface area (Å²) in [4.78, 5) is 13.6. The van der Waals surface area contributed by atoms with Crippen LogP contribution in [0, 0.1) is 5.92 Å². The Morgan fingerprint density at radius 3 is 2.81 bits per heavy atom. The van der Waals surface area contributed by atoms with Crippen molar-refractivity contribution in [1.82, 2.24) is 4.90 Å². The Hall–Kier alpha value is -1.51. The summed E-state index contributed by atoms with van der Waals surface area (Å²) in [6.07, 6.45) is 2.01. The minimum atomic E-state index is -0.220. The molecular weight excluding hydrogens is 202 g/mol. The number of nitrogens with zero attached hydrogens (tertiary/aromatic N) is 1. The van der Waals surface area contributed by atoms with Crippen LogP contribution in [0.25, 0.3) is 0 Å². The zero-order valence-electron chi connectivity index (χ0n) is 9.56. The average molecular weight is 219 g/mol. The molecule has 1 aromatic carbocycles. The minimum absolute atomic E-state index is 0.220. The number of rotatable bonds is 2. The van der Waals surface area contributed by atoms with Crippen LogP contribution in [0.1, 0.15) is 19.8 Å². The van der Waals surface area contributed by atoms with Gasteiger partial charge in [-0.1, -0.05) is 31.5 Å². The zero-order valence-corrected chi connectivity index (χ0v) is 9.56. The maximum Gasteiger partial charge on any atom is 0.415 e. The quantitative estimate of drug-likeness (QED) is 0.765. The largest absolute Gasteiger partial charge is 0.415 e. The lowest BCUT2D eigenvalue weighted by Crippen LogP contribution is -2.31. The molecule has 0 radical (unpaired) electrons. The Morgan fingerprint density at radius 1 is 1.44 bits per heavy atom. The normalized spacial score (nSPS) is 19.8. The van der Waals surface area contributed by atoms with E-state index < -0.39 is 0 Å². The summed E-state index contributed by atoms with van der Waals surface area (Å²) in [5.74, 6) is 1.26. The van der Waals surface area contributed by atoms with Gasteiger partial charge in [0.05, 0.1) is 0 Å². The molecule has 1 aliphatic rings. The van der Waals surface area contributed by atoms with Crippen molar-refractivity contribution in [3.63, 3.8) is 0 Å². The molecule has 1 atom stereocenters. The standard InChI is InChI=1S/C13H17NO2/c1-2-11-8-9-14(10-11)13(15)16-12-6-4-3-5-7-12/h3-7,11H,2,8-10H2,1H3. The van der Waals surface area contributed by atoms with E-state index in [4.69, 9.17) is 4.74 Å². The minimum Gasteiger partial charge on any atom is -0.410 e. The highest BCUT2D eigenvalue weighted by Gasteiger charge is 2.26. The summed E-state index contributed by atoms with van der Waals surface area (Å²) in [5.41, 5.74) is 0. The highest BCUT2D eigenvalue weighted by atomic mass is 16.6. The van der Waals surface area contributed by atoms with Gasteiger partial charge in [-0.2, -0.15) is 0 Å². The van der Waals surface area contributed by atoms with Crippen LogP contribution < -0.4 is 4.74 Å². The molecule has 2 rings (SSSR count). The number of hydrogen-bond donors (Lipinski definition) is 0. The van der Waals surface area contributed by atoms with Crippen LogP contribution >= 0.6 is 0 Å². The van der Waals surface area contributed by atoms with Gasteiger partial charge in [0.25, 0.3) is 0 Å². The van der Waals surface area contributed by atoms with Gasteiger partial charge >= 0.3 is 6.09 Å². The third-order valence-corrected chi connectivity index (χ3v) is 3.07. The van der Waals surface area contributed by atoms with Crippen LogP contribution in [0.3, 0.4) is 0 Å². The Balaban J connectivity index is 1.90. The van der Waals surface area contributed by atoms with Crippen LogP contribution in [0.4, 0.5) is 4.79 Å². The van der Waals surface area contributed by atoms with Crippen LogP contribution in [-0.4, -0.2) is 24.1 Å². The van der Waals surface area contributed by atoms with Crippen molar-refractivity contribution in [1.29, 1.82) is 0 Å². The molecule has 0 bridgehead atoms. The van der Waals surface area contributed by atoms with Crippen molar-refractivity contribution in [2.45, 2.75) is 19.8 Å². The molecule has 1 unspecified atom stereocenters. The third kappa shape index (κ3) is 2.54. The molecule has 86 valence electrons. The van der Waals surface area contributed by atoms with E-state index in [1.165, 1.54) is 0 Å². The van der Waals surface area contributed by atoms with Crippen LogP contribution in [-0.2, 0) is 0 Å². The smallest absolute Gasteiger partial charge is 0.410 e. The first-order valence-corrected chi connectivity index (χ1v) is 5.81. The summed E-state index contributed by atoms with van der Waals surface area (Å²) >= 11 is 0. The van der Waals surface area contributed by atoms with E-state index in [0.717, 1.165) is 25.9 Å². The van der Waals surface area contributed by atoms with E-state index in [2.05, 4.69) is 6.92 Å². The molecule has 0 saturated carbocycles. The third-order valence-electron chi connectivity index (χ3n) is 3.07. The van der Waals surface area contributed by atoms with E-state index in [-0.39, 0.29) is 6.09 Å². The van der Waals surface area contributed by atoms with Crippen molar-refractivity contribution in [2.75, 3.05) is 13.1 Å². The van der Waals surface area contributed by atoms with Crippen molar-refractivity contribution < 1.29 is 9.53 Å². The van der Waals surface area contributed by atoms with Crippen molar-refractivity contribution >= 4 is 6.09 Å². The lowest BCUT2D eigenvalue weighted by Gasteiger charge is -2.15. The van der Waals surface area contributed by atoms with Gasteiger partial charge in [0.15, 0.2) is 0 Å². The first-order chi connectivity index (χ1) is 7.79. The lowest BCUT2D eigenvalue weighted by atomic mass is 10.1. The molecule has 1 saturated heterocycles. The molecule has 1 aliphatic heterocycles.